The van der Waals surface area contributed by atoms with Crippen molar-refractivity contribution < 1.29 is 9.53 Å². The van der Waals surface area contributed by atoms with Crippen LogP contribution in [0.25, 0.3) is 0 Å². The molecule has 1 aliphatic carbocycles. The first kappa shape index (κ1) is 10.5. The molecule has 1 atom stereocenters. The third kappa shape index (κ3) is 1.97. The minimum Gasteiger partial charge on any atom is -0.462 e. The van der Waals surface area contributed by atoms with Crippen molar-refractivity contribution in [1.29, 1.82) is 0 Å². The van der Waals surface area contributed by atoms with Crippen LogP contribution in [0, 0.1) is 0 Å². The maximum Gasteiger partial charge on any atom is 0.319 e. The maximum atomic E-state index is 12.1. The van der Waals surface area contributed by atoms with E-state index in [0.29, 0.717) is 6.54 Å². The third-order valence-corrected chi connectivity index (χ3v) is 3.50. The highest BCUT2D eigenvalue weighted by Crippen LogP contribution is 2.28. The second-order valence-electron chi connectivity index (χ2n) is 4.66. The Bertz CT molecular complexity index is 463. The standard InChI is InChI=1S/C14H15NO2/c16-14(17-11-5-3-6-11)13-9-15-8-10-4-1-2-7-12(10)13/h1-2,4,7,9,11,13H,3,5-6,8H2. The summed E-state index contributed by atoms with van der Waals surface area (Å²) >= 11 is 0. The molecule has 1 unspecified atom stereocenters. The van der Waals surface area contributed by atoms with E-state index in [0.717, 1.165) is 24.0 Å². The van der Waals surface area contributed by atoms with Gasteiger partial charge in [0.25, 0.3) is 0 Å². The Balaban J connectivity index is 1.79. The Morgan fingerprint density at radius 1 is 1.29 bits per heavy atom. The summed E-state index contributed by atoms with van der Waals surface area (Å²) < 4.78 is 5.45. The number of nitrogens with zero attached hydrogens (tertiary/aromatic N) is 1. The molecule has 1 fully saturated rings. The van der Waals surface area contributed by atoms with Crippen molar-refractivity contribution in [2.24, 2.45) is 4.99 Å². The van der Waals surface area contributed by atoms with Gasteiger partial charge in [0.1, 0.15) is 12.0 Å². The molecule has 1 aromatic carbocycles. The molecule has 0 spiro atoms. The van der Waals surface area contributed by atoms with Crippen LogP contribution in [0.1, 0.15) is 36.3 Å². The number of aliphatic imine (C=N–C) groups is 1. The van der Waals surface area contributed by atoms with Crippen LogP contribution in [0.2, 0.25) is 0 Å². The summed E-state index contributed by atoms with van der Waals surface area (Å²) in [5, 5.41) is 0. The molecular formula is C14H15NO2. The minimum atomic E-state index is -0.305. The monoisotopic (exact) mass is 229 g/mol. The van der Waals surface area contributed by atoms with Crippen molar-refractivity contribution in [1.82, 2.24) is 0 Å². The quantitative estimate of drug-likeness (QED) is 0.731. The Hall–Kier alpha value is -1.64. The van der Waals surface area contributed by atoms with E-state index >= 15 is 0 Å². The fourth-order valence-corrected chi connectivity index (χ4v) is 2.23. The highest BCUT2D eigenvalue weighted by Gasteiger charge is 2.29. The van der Waals surface area contributed by atoms with Gasteiger partial charge in [-0.25, -0.2) is 0 Å². The lowest BCUT2D eigenvalue weighted by Gasteiger charge is -2.27. The second kappa shape index (κ2) is 4.32. The van der Waals surface area contributed by atoms with Gasteiger partial charge in [0.2, 0.25) is 0 Å². The van der Waals surface area contributed by atoms with E-state index in [2.05, 4.69) is 4.99 Å². The van der Waals surface area contributed by atoms with Gasteiger partial charge in [0.05, 0.1) is 6.54 Å². The average Bonchev–Trinajstić information content (AvgIpc) is 2.33. The normalized spacial score (nSPS) is 22.7. The van der Waals surface area contributed by atoms with E-state index in [1.54, 1.807) is 6.21 Å². The SMILES string of the molecule is O=C(OC1CCC1)C1C=NCc2ccccc21. The average molecular weight is 229 g/mol. The Kier molecular flexibility index (Phi) is 2.67. The lowest BCUT2D eigenvalue weighted by atomic mass is 9.92. The number of rotatable bonds is 2. The van der Waals surface area contributed by atoms with Crippen LogP contribution >= 0.6 is 0 Å². The van der Waals surface area contributed by atoms with E-state index < -0.39 is 0 Å². The summed E-state index contributed by atoms with van der Waals surface area (Å²) in [6.45, 7) is 0.670. The molecule has 0 aromatic heterocycles. The van der Waals surface area contributed by atoms with Gasteiger partial charge in [-0.15, -0.1) is 0 Å². The number of benzene rings is 1. The number of esters is 1. The van der Waals surface area contributed by atoms with Gasteiger partial charge in [-0.05, 0) is 30.4 Å². The summed E-state index contributed by atoms with van der Waals surface area (Å²) in [7, 11) is 0. The van der Waals surface area contributed by atoms with Crippen LogP contribution in [0.15, 0.2) is 29.3 Å². The van der Waals surface area contributed by atoms with Crippen molar-refractivity contribution in [3.63, 3.8) is 0 Å². The molecule has 2 aliphatic rings. The summed E-state index contributed by atoms with van der Waals surface area (Å²) in [4.78, 5) is 16.3. The van der Waals surface area contributed by atoms with Gasteiger partial charge >= 0.3 is 5.97 Å². The number of ether oxygens (including phenoxy) is 1. The smallest absolute Gasteiger partial charge is 0.319 e. The minimum absolute atomic E-state index is 0.144. The molecule has 0 amide bonds. The van der Waals surface area contributed by atoms with Gasteiger partial charge in [0.15, 0.2) is 0 Å². The summed E-state index contributed by atoms with van der Waals surface area (Å²) in [5.74, 6) is -0.453. The van der Waals surface area contributed by atoms with Gasteiger partial charge in [-0.1, -0.05) is 24.3 Å². The molecule has 1 aliphatic heterocycles. The van der Waals surface area contributed by atoms with Crippen molar-refractivity contribution >= 4 is 12.2 Å². The molecule has 0 saturated heterocycles. The Labute approximate surface area is 101 Å². The van der Waals surface area contributed by atoms with Crippen LogP contribution in [-0.4, -0.2) is 18.3 Å². The molecule has 0 radical (unpaired) electrons. The molecule has 1 saturated carbocycles. The van der Waals surface area contributed by atoms with Crippen LogP contribution in [0.4, 0.5) is 0 Å². The lowest BCUT2D eigenvalue weighted by molar-refractivity contribution is -0.152. The van der Waals surface area contributed by atoms with Crippen LogP contribution in [-0.2, 0) is 16.1 Å². The molecule has 0 N–H and O–H groups in total. The zero-order valence-electron chi connectivity index (χ0n) is 9.63. The number of hydrogen-bond acceptors (Lipinski definition) is 3. The fraction of sp³-hybridized carbons (Fsp3) is 0.429. The van der Waals surface area contributed by atoms with Gasteiger partial charge < -0.3 is 4.74 Å². The van der Waals surface area contributed by atoms with Crippen molar-refractivity contribution in [3.8, 4) is 0 Å². The van der Waals surface area contributed by atoms with E-state index in [1.807, 2.05) is 24.3 Å². The van der Waals surface area contributed by atoms with Crippen LogP contribution < -0.4 is 0 Å². The van der Waals surface area contributed by atoms with Crippen molar-refractivity contribution in [2.45, 2.75) is 37.8 Å². The molecule has 3 nitrogen and oxygen atoms in total. The van der Waals surface area contributed by atoms with E-state index in [1.165, 1.54) is 6.42 Å². The first-order chi connectivity index (χ1) is 8.34. The second-order valence-corrected chi connectivity index (χ2v) is 4.66. The summed E-state index contributed by atoms with van der Waals surface area (Å²) in [6.07, 6.45) is 5.07. The highest BCUT2D eigenvalue weighted by molar-refractivity contribution is 5.97. The molecule has 3 heteroatoms. The zero-order chi connectivity index (χ0) is 11.7. The predicted octanol–water partition coefficient (Wildman–Crippen LogP) is 2.45. The molecule has 88 valence electrons. The molecule has 1 heterocycles. The van der Waals surface area contributed by atoms with Crippen LogP contribution in [0.3, 0.4) is 0 Å². The fourth-order valence-electron chi connectivity index (χ4n) is 2.23. The van der Waals surface area contributed by atoms with Gasteiger partial charge in [-0.3, -0.25) is 9.79 Å². The Morgan fingerprint density at radius 3 is 2.88 bits per heavy atom. The van der Waals surface area contributed by atoms with E-state index in [-0.39, 0.29) is 18.0 Å². The van der Waals surface area contributed by atoms with Gasteiger partial charge in [0, 0.05) is 6.21 Å². The van der Waals surface area contributed by atoms with Gasteiger partial charge in [-0.2, -0.15) is 0 Å². The van der Waals surface area contributed by atoms with E-state index in [4.69, 9.17) is 4.74 Å². The van der Waals surface area contributed by atoms with E-state index in [9.17, 15) is 4.79 Å². The number of carbonyl (C=O) groups is 1. The topological polar surface area (TPSA) is 38.7 Å². The maximum absolute atomic E-state index is 12.1. The molecule has 17 heavy (non-hydrogen) atoms. The first-order valence-corrected chi connectivity index (χ1v) is 6.13. The zero-order valence-corrected chi connectivity index (χ0v) is 9.63. The highest BCUT2D eigenvalue weighted by atomic mass is 16.5. The van der Waals surface area contributed by atoms with Crippen LogP contribution in [0.5, 0.6) is 0 Å². The number of hydrogen-bond donors (Lipinski definition) is 0. The molecular weight excluding hydrogens is 214 g/mol. The summed E-state index contributed by atoms with van der Waals surface area (Å²) in [6, 6.07) is 7.96. The van der Waals surface area contributed by atoms with Crippen molar-refractivity contribution in [3.05, 3.63) is 35.4 Å². The van der Waals surface area contributed by atoms with Crippen molar-refractivity contribution in [2.75, 3.05) is 0 Å². The number of carbonyl (C=O) groups excluding carboxylic acids is 1. The lowest BCUT2D eigenvalue weighted by Crippen LogP contribution is -2.29. The molecule has 3 rings (SSSR count). The molecule has 1 aromatic rings. The summed E-state index contributed by atoms with van der Waals surface area (Å²) in [5.41, 5.74) is 2.18. The first-order valence-electron chi connectivity index (χ1n) is 6.13. The Morgan fingerprint density at radius 2 is 2.12 bits per heavy atom. The number of fused-ring (bicyclic) bond motifs is 1. The third-order valence-electron chi connectivity index (χ3n) is 3.50. The predicted molar refractivity (Wildman–Crippen MR) is 65.1 cm³/mol. The molecule has 0 bridgehead atoms. The largest absolute Gasteiger partial charge is 0.462 e.